The molecule has 1 aromatic carbocycles. The third kappa shape index (κ3) is 2.53. The maximum absolute atomic E-state index is 10.1. The van der Waals surface area contributed by atoms with Crippen molar-refractivity contribution in [1.82, 2.24) is 0 Å². The molecule has 0 atom stereocenters. The highest BCUT2D eigenvalue weighted by molar-refractivity contribution is 9.10. The minimum absolute atomic E-state index is 0.135. The fourth-order valence-corrected chi connectivity index (χ4v) is 5.95. The highest BCUT2D eigenvalue weighted by Crippen LogP contribution is 2.57. The van der Waals surface area contributed by atoms with Crippen LogP contribution in [0.15, 0.2) is 21.6 Å². The van der Waals surface area contributed by atoms with Crippen molar-refractivity contribution in [1.29, 1.82) is 0 Å². The molecule has 2 nitrogen and oxygen atoms in total. The highest BCUT2D eigenvalue weighted by Gasteiger charge is 2.50. The summed E-state index contributed by atoms with van der Waals surface area (Å²) in [6.07, 6.45) is 9.81. The van der Waals surface area contributed by atoms with Crippen LogP contribution in [0.5, 0.6) is 5.75 Å². The molecule has 4 aliphatic rings. The molecule has 0 heterocycles. The van der Waals surface area contributed by atoms with Gasteiger partial charge in [0, 0.05) is 16.8 Å². The van der Waals surface area contributed by atoms with Crippen LogP contribution in [0.2, 0.25) is 5.02 Å². The van der Waals surface area contributed by atoms with Gasteiger partial charge in [-0.2, -0.15) is 0 Å². The molecule has 4 heteroatoms. The fraction of sp³-hybridized carbons (Fsp3) is 0.588. The van der Waals surface area contributed by atoms with Gasteiger partial charge >= 0.3 is 0 Å². The standard InChI is InChI=1S/C17H19BrClNO/c18-15-5-14(19)4-13(16(15)21)9-20-17-6-10-1-11(7-17)3-12(2-10)8-17/h4-5,9-12,21H,1-3,6-8H2. The normalized spacial score (nSPS) is 37.5. The quantitative estimate of drug-likeness (QED) is 0.715. The predicted octanol–water partition coefficient (Wildman–Crippen LogP) is 5.20. The summed E-state index contributed by atoms with van der Waals surface area (Å²) in [5.74, 6) is 2.88. The fourth-order valence-electron chi connectivity index (χ4n) is 5.11. The van der Waals surface area contributed by atoms with Crippen molar-refractivity contribution in [3.05, 3.63) is 27.2 Å². The Morgan fingerprint density at radius 2 is 1.71 bits per heavy atom. The smallest absolute Gasteiger partial charge is 0.138 e. The second-order valence-corrected chi connectivity index (χ2v) is 8.52. The molecule has 0 amide bonds. The zero-order valence-corrected chi connectivity index (χ0v) is 14.2. The van der Waals surface area contributed by atoms with Gasteiger partial charge in [0.25, 0.3) is 0 Å². The van der Waals surface area contributed by atoms with E-state index in [9.17, 15) is 5.11 Å². The molecular weight excluding hydrogens is 350 g/mol. The molecular formula is C17H19BrClNO. The van der Waals surface area contributed by atoms with E-state index in [0.717, 1.165) is 17.8 Å². The molecule has 0 radical (unpaired) electrons. The first-order chi connectivity index (χ1) is 10.0. The number of halogens is 2. The molecule has 4 aliphatic carbocycles. The molecule has 5 rings (SSSR count). The van der Waals surface area contributed by atoms with Gasteiger partial charge in [0.15, 0.2) is 0 Å². The van der Waals surface area contributed by atoms with Gasteiger partial charge in [-0.3, -0.25) is 4.99 Å². The van der Waals surface area contributed by atoms with Gasteiger partial charge < -0.3 is 5.11 Å². The monoisotopic (exact) mass is 367 g/mol. The average molecular weight is 369 g/mol. The van der Waals surface area contributed by atoms with Gasteiger partial charge in [0.1, 0.15) is 5.75 Å². The highest BCUT2D eigenvalue weighted by atomic mass is 79.9. The Kier molecular flexibility index (Phi) is 3.34. The zero-order chi connectivity index (χ0) is 14.6. The number of hydrogen-bond donors (Lipinski definition) is 1. The van der Waals surface area contributed by atoms with Gasteiger partial charge in [0.05, 0.1) is 10.0 Å². The maximum atomic E-state index is 10.1. The van der Waals surface area contributed by atoms with Crippen LogP contribution in [0.25, 0.3) is 0 Å². The summed E-state index contributed by atoms with van der Waals surface area (Å²) in [6, 6.07) is 3.49. The molecule has 112 valence electrons. The Labute approximate surface area is 138 Å². The zero-order valence-electron chi connectivity index (χ0n) is 11.9. The van der Waals surface area contributed by atoms with Gasteiger partial charge in [-0.05, 0) is 84.3 Å². The van der Waals surface area contributed by atoms with E-state index in [0.29, 0.717) is 15.1 Å². The first-order valence-corrected chi connectivity index (χ1v) is 8.93. The lowest BCUT2D eigenvalue weighted by Gasteiger charge is -2.54. The lowest BCUT2D eigenvalue weighted by atomic mass is 9.53. The Bertz CT molecular complexity index is 578. The van der Waals surface area contributed by atoms with Crippen LogP contribution in [-0.4, -0.2) is 16.9 Å². The SMILES string of the molecule is Oc1c(Br)cc(Cl)cc1C=NC12CC3CC(CC(C3)C1)C2. The van der Waals surface area contributed by atoms with Crippen molar-refractivity contribution in [2.75, 3.05) is 0 Å². The molecule has 1 aromatic rings. The minimum atomic E-state index is 0.135. The molecule has 0 spiro atoms. The van der Waals surface area contributed by atoms with Crippen LogP contribution in [0, 0.1) is 17.8 Å². The van der Waals surface area contributed by atoms with Crippen molar-refractivity contribution in [3.8, 4) is 5.75 Å². The third-order valence-corrected chi connectivity index (χ3v) is 6.36. The largest absolute Gasteiger partial charge is 0.506 e. The van der Waals surface area contributed by atoms with Crippen LogP contribution in [0.1, 0.15) is 44.1 Å². The lowest BCUT2D eigenvalue weighted by molar-refractivity contribution is 0.00194. The Morgan fingerprint density at radius 1 is 1.14 bits per heavy atom. The van der Waals surface area contributed by atoms with Crippen LogP contribution in [-0.2, 0) is 0 Å². The predicted molar refractivity (Wildman–Crippen MR) is 89.3 cm³/mol. The summed E-state index contributed by atoms with van der Waals surface area (Å²) in [6.45, 7) is 0. The number of hydrogen-bond acceptors (Lipinski definition) is 2. The molecule has 0 saturated heterocycles. The molecule has 0 aromatic heterocycles. The van der Waals surface area contributed by atoms with Crippen molar-refractivity contribution in [3.63, 3.8) is 0 Å². The van der Waals surface area contributed by atoms with Crippen molar-refractivity contribution >= 4 is 33.7 Å². The van der Waals surface area contributed by atoms with Crippen molar-refractivity contribution in [2.45, 2.75) is 44.1 Å². The summed E-state index contributed by atoms with van der Waals surface area (Å²) >= 11 is 9.41. The summed E-state index contributed by atoms with van der Waals surface area (Å²) in [5, 5.41) is 10.8. The van der Waals surface area contributed by atoms with Gasteiger partial charge in [-0.15, -0.1) is 0 Å². The number of aliphatic imine (C=N–C) groups is 1. The van der Waals surface area contributed by atoms with E-state index >= 15 is 0 Å². The van der Waals surface area contributed by atoms with Crippen molar-refractivity contribution in [2.24, 2.45) is 22.7 Å². The number of phenolic OH excluding ortho intramolecular Hbond substituents is 1. The van der Waals surface area contributed by atoms with E-state index in [4.69, 9.17) is 16.6 Å². The van der Waals surface area contributed by atoms with Crippen LogP contribution < -0.4 is 0 Å². The molecule has 4 fully saturated rings. The maximum Gasteiger partial charge on any atom is 0.138 e. The van der Waals surface area contributed by atoms with E-state index in [-0.39, 0.29) is 11.3 Å². The van der Waals surface area contributed by atoms with E-state index in [1.165, 1.54) is 38.5 Å². The lowest BCUT2D eigenvalue weighted by Crippen LogP contribution is -2.49. The van der Waals surface area contributed by atoms with E-state index in [1.54, 1.807) is 12.1 Å². The average Bonchev–Trinajstić information content (AvgIpc) is 2.40. The minimum Gasteiger partial charge on any atom is -0.506 e. The second-order valence-electron chi connectivity index (χ2n) is 7.23. The number of benzene rings is 1. The summed E-state index contributed by atoms with van der Waals surface area (Å²) < 4.78 is 0.627. The summed E-state index contributed by atoms with van der Waals surface area (Å²) in [5.41, 5.74) is 0.848. The summed E-state index contributed by atoms with van der Waals surface area (Å²) in [7, 11) is 0. The van der Waals surface area contributed by atoms with Crippen LogP contribution >= 0.6 is 27.5 Å². The first-order valence-electron chi connectivity index (χ1n) is 7.76. The number of aromatic hydroxyl groups is 1. The van der Waals surface area contributed by atoms with E-state index < -0.39 is 0 Å². The number of rotatable bonds is 2. The third-order valence-electron chi connectivity index (χ3n) is 5.54. The molecule has 1 N–H and O–H groups in total. The van der Waals surface area contributed by atoms with Gasteiger partial charge in [-0.1, -0.05) is 11.6 Å². The Morgan fingerprint density at radius 3 is 2.29 bits per heavy atom. The molecule has 4 saturated carbocycles. The first kappa shape index (κ1) is 14.1. The number of nitrogens with zero attached hydrogens (tertiary/aromatic N) is 1. The number of phenols is 1. The van der Waals surface area contributed by atoms with E-state index in [2.05, 4.69) is 15.9 Å². The van der Waals surface area contributed by atoms with Gasteiger partial charge in [-0.25, -0.2) is 0 Å². The summed E-state index contributed by atoms with van der Waals surface area (Å²) in [4.78, 5) is 4.96. The van der Waals surface area contributed by atoms with Crippen molar-refractivity contribution < 1.29 is 5.11 Å². The second kappa shape index (κ2) is 4.99. The molecule has 4 bridgehead atoms. The molecule has 0 aliphatic heterocycles. The molecule has 21 heavy (non-hydrogen) atoms. The topological polar surface area (TPSA) is 32.6 Å². The molecule has 0 unspecified atom stereocenters. The van der Waals surface area contributed by atoms with Crippen LogP contribution in [0.4, 0.5) is 0 Å². The Hall–Kier alpha value is -0.540. The van der Waals surface area contributed by atoms with E-state index in [1.807, 2.05) is 6.21 Å². The van der Waals surface area contributed by atoms with Crippen LogP contribution in [0.3, 0.4) is 0 Å². The Balaban J connectivity index is 1.64. The van der Waals surface area contributed by atoms with Gasteiger partial charge in [0.2, 0.25) is 0 Å².